The van der Waals surface area contributed by atoms with Crippen LogP contribution in [0.4, 0.5) is 4.79 Å². The fraction of sp³-hybridized carbons (Fsp3) is 0.389. The predicted molar refractivity (Wildman–Crippen MR) is 97.9 cm³/mol. The molecule has 2 atom stereocenters. The molecule has 0 aliphatic heterocycles. The van der Waals surface area contributed by atoms with Gasteiger partial charge in [-0.05, 0) is 36.4 Å². The van der Waals surface area contributed by atoms with Gasteiger partial charge in [0.05, 0.1) is 11.6 Å². The van der Waals surface area contributed by atoms with Gasteiger partial charge in [0.2, 0.25) is 0 Å². The minimum absolute atomic E-state index is 0.119. The van der Waals surface area contributed by atoms with Gasteiger partial charge in [0, 0.05) is 12.3 Å². The first-order valence-electron chi connectivity index (χ1n) is 7.66. The lowest BCUT2D eigenvalue weighted by molar-refractivity contribution is 0.0868. The lowest BCUT2D eigenvalue weighted by atomic mass is 10.00. The fourth-order valence-corrected chi connectivity index (χ4v) is 3.31. The standard InChI is InChI=1S/C18H24N2O2S/c1-13(20-17(21)19-11-18(2,22)12-23-3)15-10-6-8-14-7-4-5-9-16(14)15/h4-10,13,22H,11-12H2,1-3H3,(H2,19,20,21). The molecule has 124 valence electrons. The van der Waals surface area contributed by atoms with Crippen molar-refractivity contribution < 1.29 is 9.90 Å². The molecule has 2 amide bonds. The topological polar surface area (TPSA) is 61.4 Å². The number of aliphatic hydroxyl groups is 1. The van der Waals surface area contributed by atoms with Crippen LogP contribution in [0.25, 0.3) is 10.8 Å². The summed E-state index contributed by atoms with van der Waals surface area (Å²) in [5, 5.41) is 18.1. The molecule has 0 aliphatic carbocycles. The van der Waals surface area contributed by atoms with E-state index >= 15 is 0 Å². The lowest BCUT2D eigenvalue weighted by Gasteiger charge is -2.23. The van der Waals surface area contributed by atoms with Crippen molar-refractivity contribution >= 4 is 28.6 Å². The second-order valence-electron chi connectivity index (χ2n) is 6.05. The van der Waals surface area contributed by atoms with Crippen LogP contribution in [0.1, 0.15) is 25.5 Å². The van der Waals surface area contributed by atoms with E-state index in [-0.39, 0.29) is 18.6 Å². The van der Waals surface area contributed by atoms with Gasteiger partial charge >= 0.3 is 6.03 Å². The highest BCUT2D eigenvalue weighted by atomic mass is 32.2. The van der Waals surface area contributed by atoms with E-state index in [1.54, 1.807) is 18.7 Å². The Morgan fingerprint density at radius 2 is 1.96 bits per heavy atom. The van der Waals surface area contributed by atoms with Crippen LogP contribution in [0, 0.1) is 0 Å². The molecule has 3 N–H and O–H groups in total. The van der Waals surface area contributed by atoms with Crippen LogP contribution >= 0.6 is 11.8 Å². The molecule has 0 fully saturated rings. The van der Waals surface area contributed by atoms with E-state index in [1.165, 1.54) is 0 Å². The van der Waals surface area contributed by atoms with Crippen LogP contribution < -0.4 is 10.6 Å². The Bertz CT molecular complexity index is 668. The van der Waals surface area contributed by atoms with Crippen LogP contribution in [-0.4, -0.2) is 35.3 Å². The smallest absolute Gasteiger partial charge is 0.315 e. The van der Waals surface area contributed by atoms with Gasteiger partial charge < -0.3 is 15.7 Å². The molecule has 0 aliphatic rings. The molecular weight excluding hydrogens is 308 g/mol. The molecule has 2 aromatic rings. The first-order chi connectivity index (χ1) is 10.9. The van der Waals surface area contributed by atoms with E-state index in [2.05, 4.69) is 28.8 Å². The third-order valence-electron chi connectivity index (χ3n) is 3.72. The number of hydrogen-bond donors (Lipinski definition) is 3. The zero-order valence-corrected chi connectivity index (χ0v) is 14.6. The van der Waals surface area contributed by atoms with Crippen LogP contribution in [0.3, 0.4) is 0 Å². The van der Waals surface area contributed by atoms with Gasteiger partial charge in [-0.3, -0.25) is 0 Å². The SMILES string of the molecule is CSCC(C)(O)CNC(=O)NC(C)c1cccc2ccccc12. The molecule has 4 nitrogen and oxygen atoms in total. The maximum atomic E-state index is 12.1. The van der Waals surface area contributed by atoms with E-state index < -0.39 is 5.60 Å². The lowest BCUT2D eigenvalue weighted by Crippen LogP contribution is -2.46. The Balaban J connectivity index is 2.01. The number of fused-ring (bicyclic) bond motifs is 1. The molecular formula is C18H24N2O2S. The van der Waals surface area contributed by atoms with E-state index in [9.17, 15) is 9.90 Å². The quantitative estimate of drug-likeness (QED) is 0.760. The van der Waals surface area contributed by atoms with Crippen molar-refractivity contribution in [3.63, 3.8) is 0 Å². The van der Waals surface area contributed by atoms with E-state index in [1.807, 2.05) is 37.4 Å². The normalized spacial score (nSPS) is 15.0. The van der Waals surface area contributed by atoms with Gasteiger partial charge in [-0.2, -0.15) is 11.8 Å². The van der Waals surface area contributed by atoms with Gasteiger partial charge in [-0.1, -0.05) is 42.5 Å². The number of benzene rings is 2. The van der Waals surface area contributed by atoms with Crippen molar-refractivity contribution in [2.75, 3.05) is 18.6 Å². The zero-order valence-electron chi connectivity index (χ0n) is 13.8. The Morgan fingerprint density at radius 3 is 2.70 bits per heavy atom. The second kappa shape index (κ2) is 7.70. The summed E-state index contributed by atoms with van der Waals surface area (Å²) in [6.07, 6.45) is 1.93. The minimum atomic E-state index is -0.903. The molecule has 0 bridgehead atoms. The molecule has 2 rings (SSSR count). The molecule has 2 aromatic carbocycles. The first-order valence-corrected chi connectivity index (χ1v) is 9.06. The number of amides is 2. The third-order valence-corrected chi connectivity index (χ3v) is 4.63. The van der Waals surface area contributed by atoms with Crippen LogP contribution in [0.15, 0.2) is 42.5 Å². The van der Waals surface area contributed by atoms with E-state index in [0.29, 0.717) is 5.75 Å². The summed E-state index contributed by atoms with van der Waals surface area (Å²) < 4.78 is 0. The van der Waals surface area contributed by atoms with Crippen molar-refractivity contribution in [2.24, 2.45) is 0 Å². The molecule has 5 heteroatoms. The average Bonchev–Trinajstić information content (AvgIpc) is 2.52. The summed E-state index contributed by atoms with van der Waals surface area (Å²) in [5.74, 6) is 0.576. The number of carbonyl (C=O) groups is 1. The Labute approximate surface area is 141 Å². The molecule has 0 heterocycles. The van der Waals surface area contributed by atoms with E-state index in [0.717, 1.165) is 16.3 Å². The van der Waals surface area contributed by atoms with Crippen molar-refractivity contribution in [2.45, 2.75) is 25.5 Å². The highest BCUT2D eigenvalue weighted by Crippen LogP contribution is 2.23. The maximum absolute atomic E-state index is 12.1. The van der Waals surface area contributed by atoms with Crippen LogP contribution in [0.2, 0.25) is 0 Å². The molecule has 2 unspecified atom stereocenters. The summed E-state index contributed by atoms with van der Waals surface area (Å²) in [6.45, 7) is 3.90. The van der Waals surface area contributed by atoms with Gasteiger partial charge in [-0.25, -0.2) is 4.79 Å². The van der Waals surface area contributed by atoms with Gasteiger partial charge in [0.1, 0.15) is 0 Å². The predicted octanol–water partition coefficient (Wildman–Crippen LogP) is 3.31. The maximum Gasteiger partial charge on any atom is 0.315 e. The molecule has 23 heavy (non-hydrogen) atoms. The Morgan fingerprint density at radius 1 is 1.26 bits per heavy atom. The van der Waals surface area contributed by atoms with Crippen molar-refractivity contribution in [3.8, 4) is 0 Å². The highest BCUT2D eigenvalue weighted by molar-refractivity contribution is 7.98. The largest absolute Gasteiger partial charge is 0.387 e. The second-order valence-corrected chi connectivity index (χ2v) is 6.91. The Kier molecular flexibility index (Phi) is 5.91. The Hall–Kier alpha value is -1.72. The fourth-order valence-electron chi connectivity index (χ4n) is 2.59. The highest BCUT2D eigenvalue weighted by Gasteiger charge is 2.21. The first kappa shape index (κ1) is 17.6. The molecule has 0 aromatic heterocycles. The minimum Gasteiger partial charge on any atom is -0.387 e. The number of rotatable bonds is 6. The van der Waals surface area contributed by atoms with Crippen LogP contribution in [-0.2, 0) is 0 Å². The summed E-state index contributed by atoms with van der Waals surface area (Å²) >= 11 is 1.55. The van der Waals surface area contributed by atoms with Gasteiger partial charge in [0.25, 0.3) is 0 Å². The van der Waals surface area contributed by atoms with E-state index in [4.69, 9.17) is 0 Å². The summed E-state index contributed by atoms with van der Waals surface area (Å²) in [6, 6.07) is 13.8. The third kappa shape index (κ3) is 4.88. The number of hydrogen-bond acceptors (Lipinski definition) is 3. The monoisotopic (exact) mass is 332 g/mol. The van der Waals surface area contributed by atoms with Crippen LogP contribution in [0.5, 0.6) is 0 Å². The number of carbonyl (C=O) groups excluding carboxylic acids is 1. The average molecular weight is 332 g/mol. The molecule has 0 saturated heterocycles. The van der Waals surface area contributed by atoms with Gasteiger partial charge in [0.15, 0.2) is 0 Å². The number of nitrogens with one attached hydrogen (secondary N) is 2. The number of urea groups is 1. The zero-order chi connectivity index (χ0) is 16.9. The molecule has 0 radical (unpaired) electrons. The number of thioether (sulfide) groups is 1. The summed E-state index contributed by atoms with van der Waals surface area (Å²) in [7, 11) is 0. The van der Waals surface area contributed by atoms with Gasteiger partial charge in [-0.15, -0.1) is 0 Å². The summed E-state index contributed by atoms with van der Waals surface area (Å²) in [4.78, 5) is 12.1. The summed E-state index contributed by atoms with van der Waals surface area (Å²) in [5.41, 5.74) is 0.175. The van der Waals surface area contributed by atoms with Crippen molar-refractivity contribution in [1.29, 1.82) is 0 Å². The van der Waals surface area contributed by atoms with Crippen molar-refractivity contribution in [1.82, 2.24) is 10.6 Å². The molecule has 0 saturated carbocycles. The van der Waals surface area contributed by atoms with Crippen molar-refractivity contribution in [3.05, 3.63) is 48.0 Å². The molecule has 0 spiro atoms.